The molecule has 0 amide bonds. The molecule has 0 radical (unpaired) electrons. The summed E-state index contributed by atoms with van der Waals surface area (Å²) in [6, 6.07) is 6.60. The second-order valence-corrected chi connectivity index (χ2v) is 4.25. The van der Waals surface area contributed by atoms with Gasteiger partial charge in [-0.05, 0) is 37.0 Å². The van der Waals surface area contributed by atoms with E-state index in [2.05, 4.69) is 50.2 Å². The highest BCUT2D eigenvalue weighted by Gasteiger charge is 2.04. The maximum atomic E-state index is 5.48. The molecule has 1 heteroatoms. The average Bonchev–Trinajstić information content (AvgIpc) is 2.29. The zero-order valence-electron chi connectivity index (χ0n) is 10.5. The Balaban J connectivity index is 2.61. The van der Waals surface area contributed by atoms with E-state index < -0.39 is 0 Å². The van der Waals surface area contributed by atoms with Gasteiger partial charge in [0.25, 0.3) is 0 Å². The molecule has 86 valence electrons. The maximum Gasteiger partial charge on any atom is 0.0689 e. The number of nitrogens with one attached hydrogen (secondary N) is 1. The quantitative estimate of drug-likeness (QED) is 0.744. The first kappa shape index (κ1) is 12.8. The fraction of sp³-hybridized carbons (Fsp3) is 0.467. The minimum atomic E-state index is 0.199. The molecule has 0 aliphatic rings. The summed E-state index contributed by atoms with van der Waals surface area (Å²) in [7, 11) is 0. The van der Waals surface area contributed by atoms with Crippen molar-refractivity contribution < 1.29 is 0 Å². The molecule has 1 N–H and O–H groups in total. The summed E-state index contributed by atoms with van der Waals surface area (Å²) < 4.78 is 0. The van der Waals surface area contributed by atoms with Crippen molar-refractivity contribution in [2.75, 3.05) is 0 Å². The van der Waals surface area contributed by atoms with E-state index in [9.17, 15) is 0 Å². The lowest BCUT2D eigenvalue weighted by Gasteiger charge is -2.14. The number of benzene rings is 1. The van der Waals surface area contributed by atoms with Crippen LogP contribution in [0.3, 0.4) is 0 Å². The molecular weight excluding hydrogens is 194 g/mol. The summed E-state index contributed by atoms with van der Waals surface area (Å²) in [6.45, 7) is 7.33. The van der Waals surface area contributed by atoms with Crippen LogP contribution in [0.25, 0.3) is 0 Å². The molecule has 0 heterocycles. The van der Waals surface area contributed by atoms with E-state index in [4.69, 9.17) is 6.42 Å². The van der Waals surface area contributed by atoms with Gasteiger partial charge in [0.1, 0.15) is 0 Å². The topological polar surface area (TPSA) is 12.0 Å². The van der Waals surface area contributed by atoms with E-state index in [0.717, 1.165) is 19.4 Å². The highest BCUT2D eigenvalue weighted by Crippen LogP contribution is 2.12. The lowest BCUT2D eigenvalue weighted by atomic mass is 10.0. The molecule has 0 aromatic heterocycles. The predicted octanol–water partition coefficient (Wildman–Crippen LogP) is 3.19. The van der Waals surface area contributed by atoms with E-state index in [0.29, 0.717) is 0 Å². The first-order chi connectivity index (χ1) is 7.69. The van der Waals surface area contributed by atoms with Crippen LogP contribution in [0.15, 0.2) is 18.2 Å². The number of aryl methyl sites for hydroxylation is 1. The lowest BCUT2D eigenvalue weighted by Crippen LogP contribution is -2.27. The van der Waals surface area contributed by atoms with Crippen LogP contribution in [0.1, 0.15) is 36.5 Å². The van der Waals surface area contributed by atoms with E-state index in [-0.39, 0.29) is 6.04 Å². The third-order valence-corrected chi connectivity index (χ3v) is 3.03. The molecule has 1 aromatic rings. The van der Waals surface area contributed by atoms with Crippen molar-refractivity contribution in [1.82, 2.24) is 5.32 Å². The zero-order valence-corrected chi connectivity index (χ0v) is 10.5. The molecule has 16 heavy (non-hydrogen) atoms. The van der Waals surface area contributed by atoms with E-state index >= 15 is 0 Å². The van der Waals surface area contributed by atoms with Gasteiger partial charge in [0.05, 0.1) is 6.04 Å². The van der Waals surface area contributed by atoms with Gasteiger partial charge >= 0.3 is 0 Å². The van der Waals surface area contributed by atoms with Crippen LogP contribution in [0, 0.1) is 26.2 Å². The standard InChI is InChI=1S/C15H21N/c1-5-8-15(6-2)16-11-14-10-7-9-12(3)13(14)4/h2,7,9-10,15-16H,5,8,11H2,1,3-4H3. The fourth-order valence-electron chi connectivity index (χ4n) is 1.77. The molecule has 1 atom stereocenters. The molecule has 1 rings (SSSR count). The third-order valence-electron chi connectivity index (χ3n) is 3.03. The van der Waals surface area contributed by atoms with Crippen molar-refractivity contribution >= 4 is 0 Å². The molecule has 0 saturated heterocycles. The van der Waals surface area contributed by atoms with E-state index in [1.54, 1.807) is 0 Å². The largest absolute Gasteiger partial charge is 0.300 e. The summed E-state index contributed by atoms with van der Waals surface area (Å²) in [4.78, 5) is 0. The second kappa shape index (κ2) is 6.35. The van der Waals surface area contributed by atoms with Gasteiger partial charge in [0.2, 0.25) is 0 Å². The first-order valence-corrected chi connectivity index (χ1v) is 5.93. The molecule has 0 aliphatic carbocycles. The molecule has 0 saturated carbocycles. The maximum absolute atomic E-state index is 5.48. The molecule has 0 spiro atoms. The van der Waals surface area contributed by atoms with Crippen LogP contribution < -0.4 is 5.32 Å². The predicted molar refractivity (Wildman–Crippen MR) is 70.3 cm³/mol. The first-order valence-electron chi connectivity index (χ1n) is 5.93. The summed E-state index contributed by atoms with van der Waals surface area (Å²) in [5, 5.41) is 3.42. The monoisotopic (exact) mass is 215 g/mol. The smallest absolute Gasteiger partial charge is 0.0689 e. The number of hydrogen-bond donors (Lipinski definition) is 1. The Hall–Kier alpha value is -1.26. The fourth-order valence-corrected chi connectivity index (χ4v) is 1.77. The van der Waals surface area contributed by atoms with Crippen LogP contribution >= 0.6 is 0 Å². The second-order valence-electron chi connectivity index (χ2n) is 4.25. The number of rotatable bonds is 5. The Labute approximate surface area is 99.3 Å². The Morgan fingerprint density at radius 3 is 2.75 bits per heavy atom. The van der Waals surface area contributed by atoms with E-state index in [1.807, 2.05) is 0 Å². The highest BCUT2D eigenvalue weighted by atomic mass is 14.9. The van der Waals surface area contributed by atoms with Crippen LogP contribution in [0.5, 0.6) is 0 Å². The van der Waals surface area contributed by atoms with Crippen LogP contribution in [-0.2, 0) is 6.54 Å². The van der Waals surface area contributed by atoms with Gasteiger partial charge in [0.15, 0.2) is 0 Å². The van der Waals surface area contributed by atoms with Crippen molar-refractivity contribution in [3.63, 3.8) is 0 Å². The van der Waals surface area contributed by atoms with Gasteiger partial charge in [-0.2, -0.15) is 0 Å². The summed E-state index contributed by atoms with van der Waals surface area (Å²) >= 11 is 0. The Bertz CT molecular complexity index is 374. The SMILES string of the molecule is C#CC(CCC)NCc1cccc(C)c1C. The van der Waals surface area contributed by atoms with Gasteiger partial charge in [-0.3, -0.25) is 5.32 Å². The van der Waals surface area contributed by atoms with Crippen molar-refractivity contribution in [3.8, 4) is 12.3 Å². The number of terminal acetylenes is 1. The summed E-state index contributed by atoms with van der Waals surface area (Å²) in [5.74, 6) is 2.80. The molecular formula is C15H21N. The molecule has 1 aromatic carbocycles. The molecule has 1 unspecified atom stereocenters. The lowest BCUT2D eigenvalue weighted by molar-refractivity contribution is 0.562. The summed E-state index contributed by atoms with van der Waals surface area (Å²) in [5.41, 5.74) is 4.05. The van der Waals surface area contributed by atoms with Gasteiger partial charge in [0, 0.05) is 6.54 Å². The van der Waals surface area contributed by atoms with Crippen LogP contribution in [0.2, 0.25) is 0 Å². The van der Waals surface area contributed by atoms with Gasteiger partial charge in [-0.1, -0.05) is 37.5 Å². The van der Waals surface area contributed by atoms with Crippen LogP contribution in [0.4, 0.5) is 0 Å². The minimum Gasteiger partial charge on any atom is -0.300 e. The number of hydrogen-bond acceptors (Lipinski definition) is 1. The zero-order chi connectivity index (χ0) is 12.0. The minimum absolute atomic E-state index is 0.199. The Morgan fingerprint density at radius 1 is 1.38 bits per heavy atom. The van der Waals surface area contributed by atoms with Crippen molar-refractivity contribution in [2.45, 2.75) is 46.2 Å². The Kier molecular flexibility index (Phi) is 5.08. The average molecular weight is 215 g/mol. The molecule has 0 bridgehead atoms. The van der Waals surface area contributed by atoms with Gasteiger partial charge in [-0.15, -0.1) is 6.42 Å². The van der Waals surface area contributed by atoms with Crippen LogP contribution in [-0.4, -0.2) is 6.04 Å². The van der Waals surface area contributed by atoms with Crippen molar-refractivity contribution in [1.29, 1.82) is 0 Å². The third kappa shape index (κ3) is 3.40. The molecule has 0 aliphatic heterocycles. The summed E-state index contributed by atoms with van der Waals surface area (Å²) in [6.07, 6.45) is 7.64. The van der Waals surface area contributed by atoms with Crippen molar-refractivity contribution in [3.05, 3.63) is 34.9 Å². The van der Waals surface area contributed by atoms with Gasteiger partial charge in [-0.25, -0.2) is 0 Å². The van der Waals surface area contributed by atoms with E-state index in [1.165, 1.54) is 16.7 Å². The van der Waals surface area contributed by atoms with Gasteiger partial charge < -0.3 is 0 Å². The Morgan fingerprint density at radius 2 is 2.12 bits per heavy atom. The molecule has 0 fully saturated rings. The highest BCUT2D eigenvalue weighted by molar-refractivity contribution is 5.33. The molecule has 1 nitrogen and oxygen atoms in total. The normalized spacial score (nSPS) is 12.1. The van der Waals surface area contributed by atoms with Crippen molar-refractivity contribution in [2.24, 2.45) is 0 Å².